The molecular weight excluding hydrogens is 222 g/mol. The monoisotopic (exact) mass is 223 g/mol. The summed E-state index contributed by atoms with van der Waals surface area (Å²) in [7, 11) is 0. The summed E-state index contributed by atoms with van der Waals surface area (Å²) in [5.41, 5.74) is 0. The van der Waals surface area contributed by atoms with Crippen LogP contribution in [0.15, 0.2) is 0 Å². The van der Waals surface area contributed by atoms with E-state index in [1.54, 1.807) is 0 Å². The molecule has 0 unspecified atom stereocenters. The molecular formula is AsCaSeSi. The summed E-state index contributed by atoms with van der Waals surface area (Å²) in [6, 6.07) is 0. The average molecular weight is 222 g/mol. The van der Waals surface area contributed by atoms with E-state index in [9.17, 15) is 0 Å². The van der Waals surface area contributed by atoms with E-state index in [1.807, 2.05) is 0 Å². The van der Waals surface area contributed by atoms with Crippen LogP contribution in [0.5, 0.6) is 0 Å². The summed E-state index contributed by atoms with van der Waals surface area (Å²) in [5, 5.41) is 0. The molecule has 0 heterocycles. The molecule has 0 spiro atoms. The van der Waals surface area contributed by atoms with Crippen LogP contribution in [0.1, 0.15) is 0 Å². The molecule has 0 saturated heterocycles. The molecule has 0 saturated carbocycles. The molecule has 0 aromatic carbocycles. The van der Waals surface area contributed by atoms with Gasteiger partial charge in [-0.3, -0.25) is 0 Å². The van der Waals surface area contributed by atoms with Gasteiger partial charge in [-0.15, -0.1) is 0 Å². The molecule has 0 aromatic heterocycles. The first-order valence-electron chi connectivity index (χ1n) is 0. The van der Waals surface area contributed by atoms with E-state index in [2.05, 4.69) is 0 Å². The Balaban J connectivity index is 0. The third kappa shape index (κ3) is 8.82. The van der Waals surface area contributed by atoms with E-state index in [1.165, 1.54) is 0 Å². The van der Waals surface area contributed by atoms with Gasteiger partial charge in [0.1, 0.15) is 0 Å². The van der Waals surface area contributed by atoms with E-state index in [4.69, 9.17) is 0 Å². The Hall–Kier alpha value is 2.55. The van der Waals surface area contributed by atoms with Gasteiger partial charge in [0.25, 0.3) is 0 Å². The molecule has 4 heteroatoms. The van der Waals surface area contributed by atoms with Crippen LogP contribution in [0.3, 0.4) is 0 Å². The molecule has 4 heavy (non-hydrogen) atoms. The molecule has 0 aliphatic heterocycles. The summed E-state index contributed by atoms with van der Waals surface area (Å²) in [6.45, 7) is 0. The van der Waals surface area contributed by atoms with E-state index >= 15 is 0 Å². The van der Waals surface area contributed by atoms with Gasteiger partial charge in [-0.25, -0.2) is 0 Å². The van der Waals surface area contributed by atoms with Crippen molar-refractivity contribution in [1.82, 2.24) is 0 Å². The van der Waals surface area contributed by atoms with Gasteiger partial charge in [0.05, 0.1) is 0 Å². The number of hydrogen-bond donors (Lipinski definition) is 0. The van der Waals surface area contributed by atoms with Crippen molar-refractivity contribution >= 4 is 83.7 Å². The Morgan fingerprint density at radius 1 is 1.00 bits per heavy atom. The van der Waals surface area contributed by atoms with Crippen LogP contribution >= 0.6 is 0 Å². The number of hydrogen-bond acceptors (Lipinski definition) is 0. The minimum atomic E-state index is 0. The van der Waals surface area contributed by atoms with E-state index in [0.717, 1.165) is 0 Å². The topological polar surface area (TPSA) is 0 Å². The zero-order valence-corrected chi connectivity index (χ0v) is 8.86. The summed E-state index contributed by atoms with van der Waals surface area (Å²) in [6.07, 6.45) is 0. The molecule has 0 aliphatic carbocycles. The maximum absolute atomic E-state index is 0. The fraction of sp³-hybridized carbons (Fsp3) is 0. The second-order valence-electron chi connectivity index (χ2n) is 0. The van der Waals surface area contributed by atoms with Gasteiger partial charge in [0.15, 0.2) is 0 Å². The van der Waals surface area contributed by atoms with Gasteiger partial charge in [0, 0.05) is 83.7 Å². The summed E-state index contributed by atoms with van der Waals surface area (Å²) >= 11 is 0. The maximum Gasteiger partial charge on any atom is 0 e. The van der Waals surface area contributed by atoms with Crippen molar-refractivity contribution in [2.75, 3.05) is 0 Å². The SMILES string of the molecule is [As].[Ca].[Se].[Si]. The molecule has 0 nitrogen and oxygen atoms in total. The molecule has 0 fully saturated rings. The number of rotatable bonds is 0. The van der Waals surface area contributed by atoms with Crippen LogP contribution in [0.2, 0.25) is 0 Å². The average Bonchev–Trinajstić information content (AvgIpc) is 0. The minimum Gasteiger partial charge on any atom is 0 e. The zero-order valence-electron chi connectivity index (χ0n) is 2.06. The summed E-state index contributed by atoms with van der Waals surface area (Å²) < 4.78 is 0. The van der Waals surface area contributed by atoms with Crippen LogP contribution in [0.4, 0.5) is 0 Å². The quantitative estimate of drug-likeness (QED) is 0.436. The van der Waals surface area contributed by atoms with Crippen LogP contribution in [0, 0.1) is 0 Å². The molecule has 0 N–H and O–H groups in total. The van der Waals surface area contributed by atoms with Crippen LogP contribution in [-0.4, -0.2) is 83.7 Å². The Morgan fingerprint density at radius 2 is 1.00 bits per heavy atom. The van der Waals surface area contributed by atoms with Crippen LogP contribution < -0.4 is 0 Å². The minimum absolute atomic E-state index is 0. The predicted octanol–water partition coefficient (Wildman–Crippen LogP) is -1.52. The summed E-state index contributed by atoms with van der Waals surface area (Å²) in [4.78, 5) is 0. The Labute approximate surface area is 82.3 Å². The molecule has 0 amide bonds. The first-order chi connectivity index (χ1) is 0. The fourth-order valence-electron chi connectivity index (χ4n) is 0. The summed E-state index contributed by atoms with van der Waals surface area (Å²) in [5.74, 6) is 0. The largest absolute Gasteiger partial charge is 0 e. The van der Waals surface area contributed by atoms with Crippen molar-refractivity contribution in [3.05, 3.63) is 0 Å². The first kappa shape index (κ1) is 31.0. The molecule has 11 radical (unpaired) electrons. The smallest absolute Gasteiger partial charge is 0 e. The van der Waals surface area contributed by atoms with Crippen molar-refractivity contribution in [3.8, 4) is 0 Å². The van der Waals surface area contributed by atoms with Gasteiger partial charge >= 0.3 is 0 Å². The Kier molecular flexibility index (Phi) is 137. The van der Waals surface area contributed by atoms with E-state index < -0.39 is 0 Å². The molecule has 0 rings (SSSR count). The second kappa shape index (κ2) is 17.7. The van der Waals surface area contributed by atoms with Crippen molar-refractivity contribution in [2.45, 2.75) is 0 Å². The van der Waals surface area contributed by atoms with Crippen molar-refractivity contribution in [2.24, 2.45) is 0 Å². The predicted molar refractivity (Wildman–Crippen MR) is 23.0 cm³/mol. The zero-order chi connectivity index (χ0) is 0. The normalized spacial score (nSPS) is 0. The van der Waals surface area contributed by atoms with Crippen LogP contribution in [0.25, 0.3) is 0 Å². The first-order valence-corrected chi connectivity index (χ1v) is 0. The van der Waals surface area contributed by atoms with Gasteiger partial charge in [0.2, 0.25) is 0 Å². The molecule has 0 aromatic rings. The molecule has 0 atom stereocenters. The van der Waals surface area contributed by atoms with Gasteiger partial charge in [-0.2, -0.15) is 0 Å². The molecule has 17 valence electrons. The van der Waals surface area contributed by atoms with E-state index in [-0.39, 0.29) is 83.7 Å². The Bertz CT molecular complexity index is 8.00. The third-order valence-corrected chi connectivity index (χ3v) is 0. The van der Waals surface area contributed by atoms with Gasteiger partial charge in [-0.1, -0.05) is 0 Å². The Morgan fingerprint density at radius 3 is 1.00 bits per heavy atom. The van der Waals surface area contributed by atoms with Gasteiger partial charge in [-0.05, 0) is 0 Å². The fourth-order valence-corrected chi connectivity index (χ4v) is 0. The third-order valence-electron chi connectivity index (χ3n) is 0. The maximum atomic E-state index is 0. The van der Waals surface area contributed by atoms with Crippen molar-refractivity contribution in [3.63, 3.8) is 0 Å². The van der Waals surface area contributed by atoms with Gasteiger partial charge < -0.3 is 0 Å². The van der Waals surface area contributed by atoms with E-state index in [0.29, 0.717) is 0 Å². The second-order valence-corrected chi connectivity index (χ2v) is 0. The molecule has 0 bridgehead atoms. The van der Waals surface area contributed by atoms with Crippen molar-refractivity contribution < 1.29 is 0 Å². The van der Waals surface area contributed by atoms with Crippen molar-refractivity contribution in [1.29, 1.82) is 0 Å². The van der Waals surface area contributed by atoms with Crippen LogP contribution in [-0.2, 0) is 0 Å². The molecule has 0 aliphatic rings. The standard InChI is InChI=1S/As.Ca.Se.Si.